The Kier molecular flexibility index (Phi) is 7.21. The van der Waals surface area contributed by atoms with Crippen molar-refractivity contribution in [3.8, 4) is 22.5 Å². The second-order valence-corrected chi connectivity index (χ2v) is 10.3. The minimum atomic E-state index is 1.04. The summed E-state index contributed by atoms with van der Waals surface area (Å²) in [5.41, 5.74) is 16.1. The van der Waals surface area contributed by atoms with Crippen molar-refractivity contribution < 1.29 is 9.13 Å². The summed E-state index contributed by atoms with van der Waals surface area (Å²) >= 11 is 0. The third-order valence-corrected chi connectivity index (χ3v) is 7.26. The molecule has 0 amide bonds. The Morgan fingerprint density at radius 2 is 1.03 bits per heavy atom. The number of benzene rings is 2. The fourth-order valence-corrected chi connectivity index (χ4v) is 5.66. The molecule has 0 unspecified atom stereocenters. The lowest BCUT2D eigenvalue weighted by atomic mass is 9.95. The Balaban J connectivity index is 1.55. The number of aromatic nitrogens is 2. The largest absolute Gasteiger partial charge is 0.215 e. The molecule has 35 heavy (non-hydrogen) atoms. The quantitative estimate of drug-likeness (QED) is 0.286. The maximum Gasteiger partial charge on any atom is 0.215 e. The fraction of sp³-hybridized carbons (Fsp3) is 0.333. The molecule has 0 radical (unpaired) electrons. The first-order valence-corrected chi connectivity index (χ1v) is 12.8. The zero-order valence-corrected chi connectivity index (χ0v) is 22.8. The predicted octanol–water partition coefficient (Wildman–Crippen LogP) is 6.56. The summed E-state index contributed by atoms with van der Waals surface area (Å²) in [5.74, 6) is 0. The van der Waals surface area contributed by atoms with Crippen molar-refractivity contribution in [2.75, 3.05) is 0 Å². The molecular formula is C33H40N2+2. The SMILES string of the molecule is CCc1ccc(-c2c(C)cc(CCc3ccc(-c4c(C)cc(C)c[n+]4C)c(C)c3)c[n+]2C)c(C)c1. The summed E-state index contributed by atoms with van der Waals surface area (Å²) in [7, 11) is 4.33. The first kappa shape index (κ1) is 24.9. The molecule has 4 aromatic rings. The topological polar surface area (TPSA) is 7.76 Å². The van der Waals surface area contributed by atoms with Crippen LogP contribution >= 0.6 is 0 Å². The normalized spacial score (nSPS) is 11.2. The van der Waals surface area contributed by atoms with Crippen molar-refractivity contribution in [2.45, 2.75) is 60.8 Å². The van der Waals surface area contributed by atoms with E-state index in [4.69, 9.17) is 0 Å². The van der Waals surface area contributed by atoms with Crippen LogP contribution in [0.5, 0.6) is 0 Å². The van der Waals surface area contributed by atoms with Crippen molar-refractivity contribution in [1.29, 1.82) is 0 Å². The van der Waals surface area contributed by atoms with E-state index < -0.39 is 0 Å². The third-order valence-electron chi connectivity index (χ3n) is 7.26. The van der Waals surface area contributed by atoms with Gasteiger partial charge in [0.1, 0.15) is 14.1 Å². The van der Waals surface area contributed by atoms with Crippen LogP contribution in [0, 0.1) is 34.6 Å². The Hall–Kier alpha value is -3.26. The molecule has 2 heteroatoms. The van der Waals surface area contributed by atoms with Gasteiger partial charge < -0.3 is 0 Å². The summed E-state index contributed by atoms with van der Waals surface area (Å²) in [5, 5.41) is 0. The number of aryl methyl sites for hydroxylation is 10. The van der Waals surface area contributed by atoms with Gasteiger partial charge in [0.25, 0.3) is 0 Å². The van der Waals surface area contributed by atoms with Crippen molar-refractivity contribution in [2.24, 2.45) is 14.1 Å². The summed E-state index contributed by atoms with van der Waals surface area (Å²) in [4.78, 5) is 0. The monoisotopic (exact) mass is 464 g/mol. The van der Waals surface area contributed by atoms with Crippen molar-refractivity contribution in [3.63, 3.8) is 0 Å². The Morgan fingerprint density at radius 3 is 1.57 bits per heavy atom. The van der Waals surface area contributed by atoms with E-state index in [9.17, 15) is 0 Å². The average molecular weight is 465 g/mol. The minimum absolute atomic E-state index is 1.04. The number of hydrogen-bond acceptors (Lipinski definition) is 0. The van der Waals surface area contributed by atoms with E-state index in [1.807, 2.05) is 0 Å². The van der Waals surface area contributed by atoms with Crippen LogP contribution in [0.25, 0.3) is 22.5 Å². The first-order chi connectivity index (χ1) is 16.7. The third kappa shape index (κ3) is 5.22. The van der Waals surface area contributed by atoms with Crippen molar-refractivity contribution >= 4 is 0 Å². The Bertz CT molecular complexity index is 1350. The molecule has 0 aliphatic heterocycles. The molecule has 0 N–H and O–H groups in total. The second kappa shape index (κ2) is 10.2. The van der Waals surface area contributed by atoms with Gasteiger partial charge in [-0.15, -0.1) is 0 Å². The van der Waals surface area contributed by atoms with Gasteiger partial charge in [0.2, 0.25) is 11.4 Å². The molecule has 2 aromatic carbocycles. The molecule has 0 atom stereocenters. The second-order valence-electron chi connectivity index (χ2n) is 10.3. The maximum atomic E-state index is 2.37. The van der Waals surface area contributed by atoms with Gasteiger partial charge in [-0.05, 0) is 100 Å². The van der Waals surface area contributed by atoms with Crippen LogP contribution in [-0.2, 0) is 33.4 Å². The summed E-state index contributed by atoms with van der Waals surface area (Å²) in [6.07, 6.45) is 7.68. The van der Waals surface area contributed by atoms with E-state index in [0.717, 1.165) is 19.3 Å². The van der Waals surface area contributed by atoms with Crippen LogP contribution in [0.1, 0.15) is 51.4 Å². The first-order valence-electron chi connectivity index (χ1n) is 12.8. The standard InChI is InChI=1S/C33H40N2/c1-9-27-12-14-30(23(3)17-27)33-26(6)19-29(21-35(33)8)11-10-28-13-15-31(24(4)18-28)32-25(5)16-22(2)20-34(32)7/h12-21H,9-11H2,1-8H3/q+2. The van der Waals surface area contributed by atoms with Crippen LogP contribution in [0.4, 0.5) is 0 Å². The van der Waals surface area contributed by atoms with Crippen LogP contribution in [0.2, 0.25) is 0 Å². The predicted molar refractivity (Wildman–Crippen MR) is 147 cm³/mol. The van der Waals surface area contributed by atoms with Gasteiger partial charge in [-0.1, -0.05) is 31.2 Å². The number of hydrogen-bond donors (Lipinski definition) is 0. The van der Waals surface area contributed by atoms with Crippen LogP contribution in [-0.4, -0.2) is 0 Å². The molecule has 2 nitrogen and oxygen atoms in total. The molecule has 2 aromatic heterocycles. The van der Waals surface area contributed by atoms with Crippen molar-refractivity contribution in [1.82, 2.24) is 0 Å². The van der Waals surface area contributed by atoms with Gasteiger partial charge in [-0.2, -0.15) is 0 Å². The highest BCUT2D eigenvalue weighted by atomic mass is 14.9. The van der Waals surface area contributed by atoms with E-state index in [-0.39, 0.29) is 0 Å². The molecule has 180 valence electrons. The summed E-state index contributed by atoms with van der Waals surface area (Å²) in [6, 6.07) is 18.5. The lowest BCUT2D eigenvalue weighted by Crippen LogP contribution is -2.32. The van der Waals surface area contributed by atoms with E-state index >= 15 is 0 Å². The van der Waals surface area contributed by atoms with Gasteiger partial charge in [0.05, 0.1) is 0 Å². The Morgan fingerprint density at radius 1 is 0.543 bits per heavy atom. The fourth-order valence-electron chi connectivity index (χ4n) is 5.66. The van der Waals surface area contributed by atoms with E-state index in [2.05, 4.69) is 126 Å². The van der Waals surface area contributed by atoms with Crippen LogP contribution in [0.15, 0.2) is 60.9 Å². The molecular weight excluding hydrogens is 424 g/mol. The van der Waals surface area contributed by atoms with Gasteiger partial charge in [-0.25, -0.2) is 9.13 Å². The summed E-state index contributed by atoms with van der Waals surface area (Å²) in [6.45, 7) is 13.3. The number of rotatable bonds is 6. The minimum Gasteiger partial charge on any atom is -0.201 e. The van der Waals surface area contributed by atoms with Crippen LogP contribution in [0.3, 0.4) is 0 Å². The molecule has 0 saturated heterocycles. The highest BCUT2D eigenvalue weighted by Crippen LogP contribution is 2.27. The van der Waals surface area contributed by atoms with Gasteiger partial charge in [-0.3, -0.25) is 0 Å². The molecule has 0 bridgehead atoms. The van der Waals surface area contributed by atoms with Gasteiger partial charge in [0.15, 0.2) is 12.4 Å². The highest BCUT2D eigenvalue weighted by Gasteiger charge is 2.19. The number of nitrogens with zero attached hydrogens (tertiary/aromatic N) is 2. The van der Waals surface area contributed by atoms with E-state index in [1.165, 1.54) is 67.0 Å². The number of pyridine rings is 2. The molecule has 0 aliphatic rings. The van der Waals surface area contributed by atoms with Gasteiger partial charge in [0, 0.05) is 33.4 Å². The molecule has 0 fully saturated rings. The summed E-state index contributed by atoms with van der Waals surface area (Å²) < 4.78 is 4.57. The average Bonchev–Trinajstić information content (AvgIpc) is 2.79. The van der Waals surface area contributed by atoms with Crippen molar-refractivity contribution in [3.05, 3.63) is 105 Å². The maximum absolute atomic E-state index is 2.37. The molecule has 0 aliphatic carbocycles. The van der Waals surface area contributed by atoms with Gasteiger partial charge >= 0.3 is 0 Å². The smallest absolute Gasteiger partial charge is 0.201 e. The lowest BCUT2D eigenvalue weighted by Gasteiger charge is -2.12. The molecule has 0 spiro atoms. The zero-order chi connectivity index (χ0) is 25.3. The molecule has 4 rings (SSSR count). The zero-order valence-electron chi connectivity index (χ0n) is 22.8. The molecule has 0 saturated carbocycles. The van der Waals surface area contributed by atoms with Crippen LogP contribution < -0.4 is 9.13 Å². The lowest BCUT2D eigenvalue weighted by molar-refractivity contribution is -0.661. The highest BCUT2D eigenvalue weighted by molar-refractivity contribution is 5.65. The molecule has 2 heterocycles. The van der Waals surface area contributed by atoms with E-state index in [1.54, 1.807) is 0 Å². The van der Waals surface area contributed by atoms with E-state index in [0.29, 0.717) is 0 Å². The Labute approximate surface area is 211 Å².